The molecule has 0 bridgehead atoms. The number of rotatable bonds is 4. The van der Waals surface area contributed by atoms with Crippen LogP contribution in [0.15, 0.2) is 18.2 Å². The van der Waals surface area contributed by atoms with Crippen molar-refractivity contribution in [3.63, 3.8) is 0 Å². The fraction of sp³-hybridized carbons (Fsp3) is 0.600. The maximum atomic E-state index is 3.65. The highest BCUT2D eigenvalue weighted by Crippen LogP contribution is 2.48. The van der Waals surface area contributed by atoms with Gasteiger partial charge in [-0.15, -0.1) is 0 Å². The van der Waals surface area contributed by atoms with Gasteiger partial charge in [-0.25, -0.2) is 0 Å². The summed E-state index contributed by atoms with van der Waals surface area (Å²) in [4.78, 5) is 0. The van der Waals surface area contributed by atoms with Gasteiger partial charge in [-0.3, -0.25) is 0 Å². The minimum absolute atomic E-state index is 0.839. The molecule has 0 spiro atoms. The van der Waals surface area contributed by atoms with Gasteiger partial charge in [-0.05, 0) is 62.6 Å². The van der Waals surface area contributed by atoms with E-state index in [1.807, 2.05) is 0 Å². The molecule has 2 aliphatic carbocycles. The predicted molar refractivity (Wildman–Crippen MR) is 67.8 cm³/mol. The van der Waals surface area contributed by atoms with E-state index >= 15 is 0 Å². The van der Waals surface area contributed by atoms with Gasteiger partial charge < -0.3 is 5.32 Å². The Morgan fingerprint density at radius 1 is 1.25 bits per heavy atom. The Bertz CT molecular complexity index is 392. The molecule has 0 radical (unpaired) electrons. The van der Waals surface area contributed by atoms with E-state index in [4.69, 9.17) is 0 Å². The molecule has 1 nitrogen and oxygen atoms in total. The molecular formula is C15H21N. The molecule has 0 aliphatic heterocycles. The highest BCUT2D eigenvalue weighted by Gasteiger charge is 2.39. The molecule has 0 heterocycles. The van der Waals surface area contributed by atoms with E-state index in [0.29, 0.717) is 0 Å². The molecule has 16 heavy (non-hydrogen) atoms. The lowest BCUT2D eigenvalue weighted by Crippen LogP contribution is -2.19. The fourth-order valence-electron chi connectivity index (χ4n) is 2.62. The molecule has 2 atom stereocenters. The summed E-state index contributed by atoms with van der Waals surface area (Å²) in [7, 11) is 0. The van der Waals surface area contributed by atoms with Crippen molar-refractivity contribution in [1.29, 1.82) is 0 Å². The highest BCUT2D eigenvalue weighted by atomic mass is 15.0. The van der Waals surface area contributed by atoms with E-state index in [1.54, 1.807) is 5.56 Å². The van der Waals surface area contributed by atoms with Gasteiger partial charge in [-0.2, -0.15) is 0 Å². The number of hydrogen-bond acceptors (Lipinski definition) is 1. The molecule has 3 rings (SSSR count). The maximum Gasteiger partial charge on any atom is 0.00683 e. The van der Waals surface area contributed by atoms with Crippen molar-refractivity contribution in [2.75, 3.05) is 6.54 Å². The first kappa shape index (κ1) is 10.3. The van der Waals surface area contributed by atoms with Gasteiger partial charge in [0.15, 0.2) is 0 Å². The van der Waals surface area contributed by atoms with Crippen molar-refractivity contribution in [3.05, 3.63) is 34.9 Å². The normalized spacial score (nSPS) is 28.1. The molecule has 1 aromatic carbocycles. The Hall–Kier alpha value is -0.820. The minimum atomic E-state index is 0.839. The van der Waals surface area contributed by atoms with Crippen LogP contribution in [0.25, 0.3) is 0 Å². The number of aryl methyl sites for hydroxylation is 2. The van der Waals surface area contributed by atoms with Gasteiger partial charge in [0, 0.05) is 6.04 Å². The molecule has 1 N–H and O–H groups in total. The third-order valence-corrected chi connectivity index (χ3v) is 4.00. The number of benzene rings is 1. The van der Waals surface area contributed by atoms with E-state index in [2.05, 4.69) is 37.4 Å². The Kier molecular flexibility index (Phi) is 2.51. The molecule has 1 heteroatoms. The van der Waals surface area contributed by atoms with Crippen LogP contribution < -0.4 is 5.32 Å². The third-order valence-electron chi connectivity index (χ3n) is 4.00. The van der Waals surface area contributed by atoms with Gasteiger partial charge in [0.25, 0.3) is 0 Å². The van der Waals surface area contributed by atoms with Gasteiger partial charge in [0.1, 0.15) is 0 Å². The van der Waals surface area contributed by atoms with E-state index < -0.39 is 0 Å². The summed E-state index contributed by atoms with van der Waals surface area (Å²) in [5.74, 6) is 1.74. The second kappa shape index (κ2) is 3.89. The zero-order chi connectivity index (χ0) is 11.1. The Labute approximate surface area is 98.3 Å². The molecule has 2 saturated carbocycles. The Morgan fingerprint density at radius 2 is 2.06 bits per heavy atom. The average Bonchev–Trinajstić information content (AvgIpc) is 3.13. The van der Waals surface area contributed by atoms with E-state index in [0.717, 1.165) is 17.9 Å². The van der Waals surface area contributed by atoms with Crippen molar-refractivity contribution in [2.45, 2.75) is 45.1 Å². The lowest BCUT2D eigenvalue weighted by Gasteiger charge is -2.07. The van der Waals surface area contributed by atoms with Crippen molar-refractivity contribution >= 4 is 0 Å². The summed E-state index contributed by atoms with van der Waals surface area (Å²) in [6.45, 7) is 5.68. The minimum Gasteiger partial charge on any atom is -0.314 e. The van der Waals surface area contributed by atoms with Crippen LogP contribution in [-0.2, 0) is 0 Å². The van der Waals surface area contributed by atoms with Gasteiger partial charge >= 0.3 is 0 Å². The zero-order valence-electron chi connectivity index (χ0n) is 10.3. The molecular weight excluding hydrogens is 194 g/mol. The van der Waals surface area contributed by atoms with Crippen LogP contribution in [0.5, 0.6) is 0 Å². The second-order valence-electron chi connectivity index (χ2n) is 5.64. The predicted octanol–water partition coefficient (Wildman–Crippen LogP) is 3.16. The zero-order valence-corrected chi connectivity index (χ0v) is 10.3. The summed E-state index contributed by atoms with van der Waals surface area (Å²) in [6.07, 6.45) is 4.20. The lowest BCUT2D eigenvalue weighted by molar-refractivity contribution is 0.623. The van der Waals surface area contributed by atoms with Crippen LogP contribution in [0.1, 0.15) is 41.9 Å². The molecule has 0 saturated heterocycles. The third kappa shape index (κ3) is 2.15. The quantitative estimate of drug-likeness (QED) is 0.813. The van der Waals surface area contributed by atoms with Crippen molar-refractivity contribution in [1.82, 2.24) is 5.32 Å². The van der Waals surface area contributed by atoms with E-state index in [1.165, 1.54) is 36.9 Å². The molecule has 2 fully saturated rings. The molecule has 2 unspecified atom stereocenters. The van der Waals surface area contributed by atoms with Crippen molar-refractivity contribution in [3.8, 4) is 0 Å². The molecule has 0 amide bonds. The van der Waals surface area contributed by atoms with Crippen molar-refractivity contribution < 1.29 is 0 Å². The SMILES string of the molecule is Cc1ccc(C)c(C2CC2CNC2CC2)c1. The van der Waals surface area contributed by atoms with Crippen LogP contribution >= 0.6 is 0 Å². The molecule has 1 aromatic rings. The van der Waals surface area contributed by atoms with Crippen LogP contribution in [0.4, 0.5) is 0 Å². The van der Waals surface area contributed by atoms with Crippen molar-refractivity contribution in [2.24, 2.45) is 5.92 Å². The summed E-state index contributed by atoms with van der Waals surface area (Å²) < 4.78 is 0. The Balaban J connectivity index is 1.62. The Morgan fingerprint density at radius 3 is 2.81 bits per heavy atom. The monoisotopic (exact) mass is 215 g/mol. The highest BCUT2D eigenvalue weighted by molar-refractivity contribution is 5.36. The standard InChI is InChI=1S/C15H21N/c1-10-3-4-11(2)14(7-10)15-8-12(15)9-16-13-5-6-13/h3-4,7,12-13,15-16H,5-6,8-9H2,1-2H3. The number of hydrogen-bond donors (Lipinski definition) is 1. The second-order valence-corrected chi connectivity index (χ2v) is 5.64. The van der Waals surface area contributed by atoms with E-state index in [9.17, 15) is 0 Å². The van der Waals surface area contributed by atoms with Gasteiger partial charge in [0.2, 0.25) is 0 Å². The first-order valence-electron chi connectivity index (χ1n) is 6.54. The van der Waals surface area contributed by atoms with Crippen LogP contribution in [0, 0.1) is 19.8 Å². The lowest BCUT2D eigenvalue weighted by atomic mass is 10.0. The van der Waals surface area contributed by atoms with Crippen LogP contribution in [-0.4, -0.2) is 12.6 Å². The molecule has 86 valence electrons. The first-order valence-corrected chi connectivity index (χ1v) is 6.54. The topological polar surface area (TPSA) is 12.0 Å². The van der Waals surface area contributed by atoms with Gasteiger partial charge in [-0.1, -0.05) is 23.8 Å². The molecule has 0 aromatic heterocycles. The number of nitrogens with one attached hydrogen (secondary N) is 1. The maximum absolute atomic E-state index is 3.65. The largest absolute Gasteiger partial charge is 0.314 e. The fourth-order valence-corrected chi connectivity index (χ4v) is 2.62. The summed E-state index contributed by atoms with van der Waals surface area (Å²) in [5, 5.41) is 3.65. The summed E-state index contributed by atoms with van der Waals surface area (Å²) in [6, 6.07) is 7.74. The summed E-state index contributed by atoms with van der Waals surface area (Å²) >= 11 is 0. The van der Waals surface area contributed by atoms with Crippen LogP contribution in [0.2, 0.25) is 0 Å². The average molecular weight is 215 g/mol. The smallest absolute Gasteiger partial charge is 0.00683 e. The first-order chi connectivity index (χ1) is 7.74. The summed E-state index contributed by atoms with van der Waals surface area (Å²) in [5.41, 5.74) is 4.48. The van der Waals surface area contributed by atoms with E-state index in [-0.39, 0.29) is 0 Å². The van der Waals surface area contributed by atoms with Crippen LogP contribution in [0.3, 0.4) is 0 Å². The molecule has 2 aliphatic rings. The van der Waals surface area contributed by atoms with Gasteiger partial charge in [0.05, 0.1) is 0 Å².